The number of aliphatic hydroxyl groups excluding tert-OH is 1. The molecule has 2 heteroatoms. The molecular weight excluding hydrogens is 198 g/mol. The van der Waals surface area contributed by atoms with E-state index >= 15 is 0 Å². The maximum atomic E-state index is 10.1. The largest absolute Gasteiger partial charge is 0.393 e. The molecule has 1 fully saturated rings. The maximum absolute atomic E-state index is 10.1. The number of nitrogens with two attached hydrogens (primary N) is 1. The van der Waals surface area contributed by atoms with Gasteiger partial charge in [0.1, 0.15) is 0 Å². The Morgan fingerprint density at radius 3 is 2.12 bits per heavy atom. The Morgan fingerprint density at radius 2 is 1.81 bits per heavy atom. The van der Waals surface area contributed by atoms with E-state index in [0.29, 0.717) is 12.0 Å². The lowest BCUT2D eigenvalue weighted by molar-refractivity contribution is -0.0231. The third-order valence-electron chi connectivity index (χ3n) is 4.71. The molecule has 1 aliphatic carbocycles. The van der Waals surface area contributed by atoms with Crippen molar-refractivity contribution in [3.63, 3.8) is 0 Å². The van der Waals surface area contributed by atoms with Gasteiger partial charge in [0.25, 0.3) is 0 Å². The van der Waals surface area contributed by atoms with E-state index in [0.717, 1.165) is 25.2 Å². The molecule has 3 N–H and O–H groups in total. The molecule has 0 saturated heterocycles. The minimum absolute atomic E-state index is 0.0104. The molecule has 16 heavy (non-hydrogen) atoms. The highest BCUT2D eigenvalue weighted by molar-refractivity contribution is 4.93. The second kappa shape index (κ2) is 5.05. The summed E-state index contributed by atoms with van der Waals surface area (Å²) in [7, 11) is 0. The van der Waals surface area contributed by atoms with Gasteiger partial charge in [0.05, 0.1) is 6.10 Å². The molecule has 1 aliphatic rings. The number of aliphatic hydroxyl groups is 1. The summed E-state index contributed by atoms with van der Waals surface area (Å²) in [6, 6.07) is 0. The summed E-state index contributed by atoms with van der Waals surface area (Å²) in [5.74, 6) is 0.788. The van der Waals surface area contributed by atoms with Gasteiger partial charge in [-0.3, -0.25) is 0 Å². The van der Waals surface area contributed by atoms with Gasteiger partial charge >= 0.3 is 0 Å². The third-order valence-corrected chi connectivity index (χ3v) is 4.71. The van der Waals surface area contributed by atoms with E-state index in [-0.39, 0.29) is 11.5 Å². The van der Waals surface area contributed by atoms with Gasteiger partial charge in [-0.15, -0.1) is 0 Å². The van der Waals surface area contributed by atoms with E-state index in [1.165, 1.54) is 12.8 Å². The van der Waals surface area contributed by atoms with Crippen LogP contribution in [0.15, 0.2) is 0 Å². The van der Waals surface area contributed by atoms with Crippen molar-refractivity contribution in [2.24, 2.45) is 22.5 Å². The van der Waals surface area contributed by atoms with Crippen LogP contribution in [0.1, 0.15) is 59.8 Å². The second-order valence-corrected chi connectivity index (χ2v) is 6.63. The molecule has 0 aromatic heterocycles. The van der Waals surface area contributed by atoms with E-state index in [2.05, 4.69) is 27.7 Å². The van der Waals surface area contributed by atoms with Crippen LogP contribution in [-0.2, 0) is 0 Å². The van der Waals surface area contributed by atoms with Crippen LogP contribution in [0.2, 0.25) is 0 Å². The minimum Gasteiger partial charge on any atom is -0.393 e. The summed E-state index contributed by atoms with van der Waals surface area (Å²) in [5.41, 5.74) is 6.32. The SMILES string of the molecule is CCC(O)C1(CN)CCC(C(C)(C)C)CC1. The molecule has 0 spiro atoms. The third kappa shape index (κ3) is 2.78. The molecule has 1 rings (SSSR count). The lowest BCUT2D eigenvalue weighted by Gasteiger charge is -2.45. The van der Waals surface area contributed by atoms with Gasteiger partial charge in [0.2, 0.25) is 0 Å². The van der Waals surface area contributed by atoms with Crippen LogP contribution in [0.25, 0.3) is 0 Å². The Balaban J connectivity index is 2.64. The Hall–Kier alpha value is -0.0800. The molecule has 0 amide bonds. The van der Waals surface area contributed by atoms with Crippen molar-refractivity contribution < 1.29 is 5.11 Å². The van der Waals surface area contributed by atoms with E-state index in [9.17, 15) is 5.11 Å². The molecule has 1 atom stereocenters. The summed E-state index contributed by atoms with van der Waals surface area (Å²) in [5, 5.41) is 10.1. The molecule has 0 bridgehead atoms. The monoisotopic (exact) mass is 227 g/mol. The van der Waals surface area contributed by atoms with Crippen LogP contribution in [-0.4, -0.2) is 17.8 Å². The average Bonchev–Trinajstić information content (AvgIpc) is 2.26. The molecule has 2 nitrogen and oxygen atoms in total. The lowest BCUT2D eigenvalue weighted by Crippen LogP contribution is -2.45. The minimum atomic E-state index is -0.210. The van der Waals surface area contributed by atoms with Crippen molar-refractivity contribution in [3.05, 3.63) is 0 Å². The van der Waals surface area contributed by atoms with Crippen molar-refractivity contribution in [1.82, 2.24) is 0 Å². The summed E-state index contributed by atoms with van der Waals surface area (Å²) in [4.78, 5) is 0. The first-order chi connectivity index (χ1) is 7.35. The highest BCUT2D eigenvalue weighted by Gasteiger charge is 2.41. The van der Waals surface area contributed by atoms with E-state index in [4.69, 9.17) is 5.73 Å². The van der Waals surface area contributed by atoms with Crippen LogP contribution in [0.5, 0.6) is 0 Å². The van der Waals surface area contributed by atoms with Gasteiger partial charge in [-0.25, -0.2) is 0 Å². The Labute approximate surface area is 101 Å². The first-order valence-corrected chi connectivity index (χ1v) is 6.74. The van der Waals surface area contributed by atoms with Crippen molar-refractivity contribution in [1.29, 1.82) is 0 Å². The van der Waals surface area contributed by atoms with Crippen molar-refractivity contribution >= 4 is 0 Å². The first-order valence-electron chi connectivity index (χ1n) is 6.74. The van der Waals surface area contributed by atoms with Crippen LogP contribution >= 0.6 is 0 Å². The molecular formula is C14H29NO. The quantitative estimate of drug-likeness (QED) is 0.778. The molecule has 0 heterocycles. The van der Waals surface area contributed by atoms with Crippen LogP contribution < -0.4 is 5.73 Å². The zero-order chi connectivity index (χ0) is 12.4. The molecule has 1 unspecified atom stereocenters. The summed E-state index contributed by atoms with van der Waals surface area (Å²) < 4.78 is 0. The Bertz CT molecular complexity index is 211. The maximum Gasteiger partial charge on any atom is 0.0605 e. The second-order valence-electron chi connectivity index (χ2n) is 6.63. The number of hydrogen-bond donors (Lipinski definition) is 2. The Kier molecular flexibility index (Phi) is 4.42. The predicted molar refractivity (Wildman–Crippen MR) is 69.2 cm³/mol. The summed E-state index contributed by atoms with van der Waals surface area (Å²) in [6.45, 7) is 9.66. The fourth-order valence-electron chi connectivity index (χ4n) is 3.17. The molecule has 1 saturated carbocycles. The average molecular weight is 227 g/mol. The van der Waals surface area contributed by atoms with Gasteiger partial charge in [-0.1, -0.05) is 27.7 Å². The van der Waals surface area contributed by atoms with E-state index in [1.54, 1.807) is 0 Å². The lowest BCUT2D eigenvalue weighted by atomic mass is 9.62. The van der Waals surface area contributed by atoms with Gasteiger partial charge in [-0.2, -0.15) is 0 Å². The zero-order valence-electron chi connectivity index (χ0n) is 11.4. The number of rotatable bonds is 3. The number of hydrogen-bond acceptors (Lipinski definition) is 2. The topological polar surface area (TPSA) is 46.2 Å². The normalized spacial score (nSPS) is 33.8. The van der Waals surface area contributed by atoms with Crippen LogP contribution in [0.3, 0.4) is 0 Å². The highest BCUT2D eigenvalue weighted by atomic mass is 16.3. The van der Waals surface area contributed by atoms with Gasteiger partial charge in [0.15, 0.2) is 0 Å². The molecule has 96 valence electrons. The fourth-order valence-corrected chi connectivity index (χ4v) is 3.17. The predicted octanol–water partition coefficient (Wildman–Crippen LogP) is 2.94. The highest BCUT2D eigenvalue weighted by Crippen LogP contribution is 2.46. The standard InChI is InChI=1S/C14H29NO/c1-5-12(16)14(10-15)8-6-11(7-9-14)13(2,3)4/h11-12,16H,5-10,15H2,1-4H3. The Morgan fingerprint density at radius 1 is 1.31 bits per heavy atom. The molecule has 0 aliphatic heterocycles. The van der Waals surface area contributed by atoms with Crippen LogP contribution in [0, 0.1) is 16.7 Å². The molecule has 0 radical (unpaired) electrons. The van der Waals surface area contributed by atoms with E-state index < -0.39 is 0 Å². The van der Waals surface area contributed by atoms with Gasteiger partial charge < -0.3 is 10.8 Å². The van der Waals surface area contributed by atoms with E-state index in [1.807, 2.05) is 0 Å². The molecule has 0 aromatic rings. The molecule has 0 aromatic carbocycles. The van der Waals surface area contributed by atoms with Gasteiger partial charge in [0, 0.05) is 12.0 Å². The first kappa shape index (κ1) is 14.0. The van der Waals surface area contributed by atoms with Crippen LogP contribution in [0.4, 0.5) is 0 Å². The van der Waals surface area contributed by atoms with Crippen molar-refractivity contribution in [3.8, 4) is 0 Å². The summed E-state index contributed by atoms with van der Waals surface area (Å²) >= 11 is 0. The van der Waals surface area contributed by atoms with Crippen molar-refractivity contribution in [2.45, 2.75) is 65.9 Å². The van der Waals surface area contributed by atoms with Gasteiger partial charge in [-0.05, 0) is 43.4 Å². The zero-order valence-corrected chi connectivity index (χ0v) is 11.4. The summed E-state index contributed by atoms with van der Waals surface area (Å²) in [6.07, 6.45) is 5.26. The fraction of sp³-hybridized carbons (Fsp3) is 1.00. The smallest absolute Gasteiger partial charge is 0.0605 e. The van der Waals surface area contributed by atoms with Crippen molar-refractivity contribution in [2.75, 3.05) is 6.54 Å².